The smallest absolute Gasteiger partial charge is 0.249 e. The maximum atomic E-state index is 13.0. The Morgan fingerprint density at radius 2 is 1.83 bits per heavy atom. The molecule has 2 rings (SSSR count). The minimum absolute atomic E-state index is 0.00728. The number of halogens is 2. The Morgan fingerprint density at radius 3 is 2.50 bits per heavy atom. The van der Waals surface area contributed by atoms with E-state index in [9.17, 15) is 8.78 Å². The molecule has 0 radical (unpaired) electrons. The third-order valence-corrected chi connectivity index (χ3v) is 2.11. The summed E-state index contributed by atoms with van der Waals surface area (Å²) in [6, 6.07) is 3.09. The van der Waals surface area contributed by atoms with Gasteiger partial charge in [-0.1, -0.05) is 0 Å². The van der Waals surface area contributed by atoms with Gasteiger partial charge in [0, 0.05) is 6.07 Å². The van der Waals surface area contributed by atoms with Crippen molar-refractivity contribution in [2.24, 2.45) is 0 Å². The lowest BCUT2D eigenvalue weighted by Gasteiger charge is -2.09. The number of anilines is 1. The molecule has 5 nitrogen and oxygen atoms in total. The Balaban J connectivity index is 2.31. The van der Waals surface area contributed by atoms with E-state index in [4.69, 9.17) is 15.2 Å². The van der Waals surface area contributed by atoms with Crippen LogP contribution in [-0.4, -0.2) is 17.1 Å². The van der Waals surface area contributed by atoms with Gasteiger partial charge in [0.15, 0.2) is 17.3 Å². The number of benzene rings is 1. The highest BCUT2D eigenvalue weighted by molar-refractivity contribution is 5.56. The van der Waals surface area contributed by atoms with Crippen molar-refractivity contribution in [2.45, 2.75) is 0 Å². The molecule has 2 aromatic rings. The van der Waals surface area contributed by atoms with Gasteiger partial charge in [-0.25, -0.2) is 8.78 Å². The van der Waals surface area contributed by atoms with Crippen molar-refractivity contribution in [3.63, 3.8) is 0 Å². The van der Waals surface area contributed by atoms with Crippen LogP contribution >= 0.6 is 0 Å². The summed E-state index contributed by atoms with van der Waals surface area (Å²) in [4.78, 5) is 7.54. The highest BCUT2D eigenvalue weighted by atomic mass is 19.2. The molecule has 0 saturated carbocycles. The fourth-order valence-corrected chi connectivity index (χ4v) is 1.26. The summed E-state index contributed by atoms with van der Waals surface area (Å²) in [7, 11) is 1.39. The van der Waals surface area contributed by atoms with E-state index < -0.39 is 11.6 Å². The van der Waals surface area contributed by atoms with E-state index >= 15 is 0 Å². The maximum Gasteiger partial charge on any atom is 0.249 e. The summed E-state index contributed by atoms with van der Waals surface area (Å²) in [6.45, 7) is 0. The quantitative estimate of drug-likeness (QED) is 0.907. The average Bonchev–Trinajstić information content (AvgIpc) is 2.36. The Kier molecular flexibility index (Phi) is 3.22. The fraction of sp³-hybridized carbons (Fsp3) is 0.0909. The van der Waals surface area contributed by atoms with Crippen molar-refractivity contribution in [1.29, 1.82) is 0 Å². The zero-order valence-corrected chi connectivity index (χ0v) is 9.35. The number of aromatic nitrogens is 2. The number of methoxy groups -OCH3 is 1. The van der Waals surface area contributed by atoms with Gasteiger partial charge in [0.1, 0.15) is 12.1 Å². The van der Waals surface area contributed by atoms with E-state index in [1.54, 1.807) is 0 Å². The molecule has 0 aliphatic rings. The molecular formula is C11H9F2N3O2. The van der Waals surface area contributed by atoms with Crippen molar-refractivity contribution in [1.82, 2.24) is 9.97 Å². The van der Waals surface area contributed by atoms with Crippen molar-refractivity contribution >= 4 is 5.69 Å². The summed E-state index contributed by atoms with van der Waals surface area (Å²) >= 11 is 0. The van der Waals surface area contributed by atoms with Crippen molar-refractivity contribution < 1.29 is 18.3 Å². The first kappa shape index (κ1) is 12.0. The second kappa shape index (κ2) is 4.82. The standard InChI is InChI=1S/C11H9F2N3O2/c1-17-10-9(14)11(16-5-15-10)18-6-2-3-7(12)8(13)4-6/h2-5H,14H2,1H3. The third-order valence-electron chi connectivity index (χ3n) is 2.11. The molecule has 1 heterocycles. The summed E-state index contributed by atoms with van der Waals surface area (Å²) < 4.78 is 35.8. The van der Waals surface area contributed by atoms with Crippen LogP contribution in [0.3, 0.4) is 0 Å². The van der Waals surface area contributed by atoms with Gasteiger partial charge in [0.05, 0.1) is 7.11 Å². The summed E-state index contributed by atoms with van der Waals surface area (Å²) in [5, 5.41) is 0. The molecule has 18 heavy (non-hydrogen) atoms. The molecule has 0 spiro atoms. The van der Waals surface area contributed by atoms with Crippen molar-refractivity contribution in [3.05, 3.63) is 36.2 Å². The molecule has 0 aliphatic carbocycles. The number of hydrogen-bond donors (Lipinski definition) is 1. The number of nitrogens with zero attached hydrogens (tertiary/aromatic N) is 2. The number of nitrogen functional groups attached to an aromatic ring is 1. The fourth-order valence-electron chi connectivity index (χ4n) is 1.26. The zero-order chi connectivity index (χ0) is 13.1. The highest BCUT2D eigenvalue weighted by Crippen LogP contribution is 2.30. The predicted octanol–water partition coefficient (Wildman–Crippen LogP) is 2.14. The van der Waals surface area contributed by atoms with Crippen LogP contribution < -0.4 is 15.2 Å². The molecule has 94 valence electrons. The number of nitrogens with two attached hydrogens (primary N) is 1. The minimum Gasteiger partial charge on any atom is -0.479 e. The molecule has 1 aromatic carbocycles. The first-order valence-corrected chi connectivity index (χ1v) is 4.89. The average molecular weight is 253 g/mol. The molecule has 0 fully saturated rings. The van der Waals surface area contributed by atoms with Crippen LogP contribution in [0.4, 0.5) is 14.5 Å². The second-order valence-corrected chi connectivity index (χ2v) is 3.28. The lowest BCUT2D eigenvalue weighted by Crippen LogP contribution is -2.00. The number of rotatable bonds is 3. The Morgan fingerprint density at radius 1 is 1.11 bits per heavy atom. The van der Waals surface area contributed by atoms with Gasteiger partial charge >= 0.3 is 0 Å². The molecule has 1 aromatic heterocycles. The molecule has 0 bridgehead atoms. The lowest BCUT2D eigenvalue weighted by atomic mass is 10.3. The van der Waals surface area contributed by atoms with E-state index in [0.29, 0.717) is 0 Å². The summed E-state index contributed by atoms with van der Waals surface area (Å²) in [5.74, 6) is -1.76. The van der Waals surface area contributed by atoms with Crippen LogP contribution in [-0.2, 0) is 0 Å². The Hall–Kier alpha value is -2.44. The molecular weight excluding hydrogens is 244 g/mol. The zero-order valence-electron chi connectivity index (χ0n) is 9.35. The third kappa shape index (κ3) is 2.29. The van der Waals surface area contributed by atoms with Crippen LogP contribution in [0, 0.1) is 11.6 Å². The van der Waals surface area contributed by atoms with E-state index in [-0.39, 0.29) is 23.2 Å². The molecule has 2 N–H and O–H groups in total. The lowest BCUT2D eigenvalue weighted by molar-refractivity contribution is 0.391. The summed E-state index contributed by atoms with van der Waals surface area (Å²) in [5.41, 5.74) is 5.74. The molecule has 7 heteroatoms. The van der Waals surface area contributed by atoms with Gasteiger partial charge in [0.25, 0.3) is 0 Å². The van der Waals surface area contributed by atoms with E-state index in [1.165, 1.54) is 19.5 Å². The first-order chi connectivity index (χ1) is 8.61. The predicted molar refractivity (Wildman–Crippen MR) is 59.4 cm³/mol. The minimum atomic E-state index is -1.02. The normalized spacial score (nSPS) is 10.2. The number of hydrogen-bond acceptors (Lipinski definition) is 5. The van der Waals surface area contributed by atoms with Crippen LogP contribution in [0.15, 0.2) is 24.5 Å². The van der Waals surface area contributed by atoms with Crippen LogP contribution in [0.5, 0.6) is 17.5 Å². The van der Waals surface area contributed by atoms with Crippen molar-refractivity contribution in [2.75, 3.05) is 12.8 Å². The Bertz CT molecular complexity index is 578. The second-order valence-electron chi connectivity index (χ2n) is 3.28. The molecule has 0 amide bonds. The summed E-state index contributed by atoms with van der Waals surface area (Å²) in [6.07, 6.45) is 1.18. The molecule has 0 unspecified atom stereocenters. The van der Waals surface area contributed by atoms with Crippen LogP contribution in [0.1, 0.15) is 0 Å². The van der Waals surface area contributed by atoms with Crippen molar-refractivity contribution in [3.8, 4) is 17.5 Å². The monoisotopic (exact) mass is 253 g/mol. The van der Waals surface area contributed by atoms with Gasteiger partial charge in [-0.2, -0.15) is 9.97 Å². The Labute approximate surface area is 101 Å². The van der Waals surface area contributed by atoms with Gasteiger partial charge in [-0.05, 0) is 12.1 Å². The first-order valence-electron chi connectivity index (χ1n) is 4.89. The SMILES string of the molecule is COc1ncnc(Oc2ccc(F)c(F)c2)c1N. The molecule has 0 atom stereocenters. The van der Waals surface area contributed by atoms with E-state index in [0.717, 1.165) is 12.1 Å². The van der Waals surface area contributed by atoms with E-state index in [1.807, 2.05) is 0 Å². The van der Waals surface area contributed by atoms with Gasteiger partial charge in [-0.15, -0.1) is 0 Å². The van der Waals surface area contributed by atoms with Gasteiger partial charge in [0.2, 0.25) is 11.8 Å². The molecule has 0 aliphatic heterocycles. The van der Waals surface area contributed by atoms with Crippen LogP contribution in [0.2, 0.25) is 0 Å². The molecule has 0 saturated heterocycles. The topological polar surface area (TPSA) is 70.3 Å². The van der Waals surface area contributed by atoms with E-state index in [2.05, 4.69) is 9.97 Å². The number of ether oxygens (including phenoxy) is 2. The maximum absolute atomic E-state index is 13.0. The van der Waals surface area contributed by atoms with Crippen LogP contribution in [0.25, 0.3) is 0 Å². The largest absolute Gasteiger partial charge is 0.479 e. The highest BCUT2D eigenvalue weighted by Gasteiger charge is 2.11. The van der Waals surface area contributed by atoms with Gasteiger partial charge in [-0.3, -0.25) is 0 Å². The van der Waals surface area contributed by atoms with Gasteiger partial charge < -0.3 is 15.2 Å².